The van der Waals surface area contributed by atoms with Gasteiger partial charge in [-0.15, -0.1) is 23.5 Å². The van der Waals surface area contributed by atoms with Gasteiger partial charge in [-0.3, -0.25) is 4.90 Å². The van der Waals surface area contributed by atoms with Gasteiger partial charge in [-0.1, -0.05) is 0 Å². The Kier molecular flexibility index (Phi) is 5.51. The Bertz CT molecular complexity index is 534. The fourth-order valence-corrected chi connectivity index (χ4v) is 3.61. The van der Waals surface area contributed by atoms with Crippen LogP contribution in [0.1, 0.15) is 5.56 Å². The molecule has 0 spiro atoms. The fraction of sp³-hybridized carbons (Fsp3) is 0.357. The predicted molar refractivity (Wildman–Crippen MR) is 86.1 cm³/mol. The zero-order valence-corrected chi connectivity index (χ0v) is 13.0. The molecular weight excluding hydrogens is 295 g/mol. The Labute approximate surface area is 127 Å². The summed E-state index contributed by atoms with van der Waals surface area (Å²) >= 11 is 3.30. The van der Waals surface area contributed by atoms with Crippen LogP contribution in [0.3, 0.4) is 0 Å². The number of phenols is 1. The molecule has 3 nitrogen and oxygen atoms in total. The van der Waals surface area contributed by atoms with E-state index >= 15 is 0 Å². The molecule has 1 atom stereocenters. The van der Waals surface area contributed by atoms with Gasteiger partial charge in [0.2, 0.25) is 0 Å². The number of hydrogen-bond donors (Lipinski definition) is 1. The zero-order valence-electron chi connectivity index (χ0n) is 11.4. The highest BCUT2D eigenvalue weighted by Crippen LogP contribution is 2.24. The first kappa shape index (κ1) is 15.4. The number of halogens is 1. The van der Waals surface area contributed by atoms with E-state index in [1.54, 1.807) is 12.3 Å². The Morgan fingerprint density at radius 2 is 2.40 bits per heavy atom. The maximum absolute atomic E-state index is 13.0. The van der Waals surface area contributed by atoms with Gasteiger partial charge in [0.1, 0.15) is 16.6 Å². The van der Waals surface area contributed by atoms with Crippen LogP contribution >= 0.6 is 23.5 Å². The molecule has 1 N–H and O–H groups in total. The second-order valence-corrected chi connectivity index (χ2v) is 6.40. The van der Waals surface area contributed by atoms with E-state index in [0.717, 1.165) is 18.4 Å². The molecule has 0 radical (unpaired) electrons. The molecule has 1 aromatic carbocycles. The van der Waals surface area contributed by atoms with Crippen LogP contribution in [0.25, 0.3) is 0 Å². The highest BCUT2D eigenvalue weighted by molar-refractivity contribution is 8.13. The minimum Gasteiger partial charge on any atom is -0.507 e. The number of phenolic OH excluding ortho intramolecular Hbond substituents is 1. The topological polar surface area (TPSA) is 35.8 Å². The third kappa shape index (κ3) is 3.77. The molecule has 1 aromatic rings. The number of thioether (sulfide) groups is 2. The SMILES string of the molecule is CSC(=NC=C[C@H]1SCCN1C)c1ccc(F)cc1O. The summed E-state index contributed by atoms with van der Waals surface area (Å²) in [7, 11) is 2.08. The van der Waals surface area contributed by atoms with Crippen LogP contribution in [0.4, 0.5) is 4.39 Å². The van der Waals surface area contributed by atoms with Gasteiger partial charge in [-0.25, -0.2) is 9.38 Å². The van der Waals surface area contributed by atoms with Crippen LogP contribution in [0.15, 0.2) is 35.5 Å². The van der Waals surface area contributed by atoms with Crippen LogP contribution in [0.2, 0.25) is 0 Å². The summed E-state index contributed by atoms with van der Waals surface area (Å²) in [6.07, 6.45) is 5.68. The molecule has 108 valence electrons. The minimum absolute atomic E-state index is 0.0844. The summed E-state index contributed by atoms with van der Waals surface area (Å²) in [4.78, 5) is 6.63. The standard InChI is InChI=1S/C14H17FN2OS2/c1-17-7-8-20-13(17)5-6-16-14(19-2)11-4-3-10(15)9-12(11)18/h3-6,9,13,18H,7-8H2,1-2H3/t13-/m1/s1. The van der Waals surface area contributed by atoms with E-state index < -0.39 is 5.82 Å². The summed E-state index contributed by atoms with van der Waals surface area (Å²) < 4.78 is 13.0. The molecule has 0 saturated carbocycles. The third-order valence-electron chi connectivity index (χ3n) is 2.99. The van der Waals surface area contributed by atoms with Crippen molar-refractivity contribution in [2.75, 3.05) is 25.6 Å². The Morgan fingerprint density at radius 3 is 3.00 bits per heavy atom. The van der Waals surface area contributed by atoms with E-state index in [0.29, 0.717) is 16.0 Å². The van der Waals surface area contributed by atoms with Gasteiger partial charge >= 0.3 is 0 Å². The molecule has 0 aliphatic carbocycles. The number of likely N-dealkylation sites (N-methyl/N-ethyl adjacent to an activating group) is 1. The molecule has 6 heteroatoms. The second kappa shape index (κ2) is 7.15. The number of aliphatic imine (C=N–C) groups is 1. The largest absolute Gasteiger partial charge is 0.507 e. The summed E-state index contributed by atoms with van der Waals surface area (Å²) in [5, 5.41) is 10.8. The van der Waals surface area contributed by atoms with Gasteiger partial charge in [0, 0.05) is 30.1 Å². The van der Waals surface area contributed by atoms with Crippen molar-refractivity contribution in [2.24, 2.45) is 4.99 Å². The fourth-order valence-electron chi connectivity index (χ4n) is 1.88. The van der Waals surface area contributed by atoms with Crippen molar-refractivity contribution in [1.82, 2.24) is 4.90 Å². The lowest BCUT2D eigenvalue weighted by Gasteiger charge is -2.13. The van der Waals surface area contributed by atoms with Crippen LogP contribution in [-0.2, 0) is 0 Å². The number of rotatable bonds is 3. The van der Waals surface area contributed by atoms with Crippen LogP contribution in [0, 0.1) is 5.82 Å². The first-order valence-corrected chi connectivity index (χ1v) is 8.48. The molecule has 20 heavy (non-hydrogen) atoms. The molecule has 1 heterocycles. The van der Waals surface area contributed by atoms with Crippen LogP contribution in [-0.4, -0.2) is 46.0 Å². The van der Waals surface area contributed by atoms with E-state index in [-0.39, 0.29) is 5.75 Å². The van der Waals surface area contributed by atoms with E-state index in [4.69, 9.17) is 0 Å². The van der Waals surface area contributed by atoms with Crippen molar-refractivity contribution in [2.45, 2.75) is 5.37 Å². The lowest BCUT2D eigenvalue weighted by molar-refractivity contribution is 0.389. The third-order valence-corrected chi connectivity index (χ3v) is 4.98. The van der Waals surface area contributed by atoms with Gasteiger partial charge in [-0.2, -0.15) is 0 Å². The average Bonchev–Trinajstić information content (AvgIpc) is 2.81. The Morgan fingerprint density at radius 1 is 1.60 bits per heavy atom. The van der Waals surface area contributed by atoms with Gasteiger partial charge in [0.05, 0.1) is 5.37 Å². The number of hydrogen-bond acceptors (Lipinski definition) is 5. The average molecular weight is 312 g/mol. The zero-order chi connectivity index (χ0) is 14.5. The lowest BCUT2D eigenvalue weighted by Crippen LogP contribution is -2.21. The van der Waals surface area contributed by atoms with Gasteiger partial charge in [0.25, 0.3) is 0 Å². The number of benzene rings is 1. The first-order chi connectivity index (χ1) is 9.61. The molecular formula is C14H17FN2OS2. The van der Waals surface area contributed by atoms with Crippen LogP contribution < -0.4 is 0 Å². The molecule has 1 aliphatic heterocycles. The van der Waals surface area contributed by atoms with Crippen molar-refractivity contribution in [3.63, 3.8) is 0 Å². The monoisotopic (exact) mass is 312 g/mol. The van der Waals surface area contributed by atoms with Crippen molar-refractivity contribution in [3.8, 4) is 5.75 Å². The molecule has 1 saturated heterocycles. The van der Waals surface area contributed by atoms with Gasteiger partial charge < -0.3 is 5.11 Å². The maximum Gasteiger partial charge on any atom is 0.128 e. The quantitative estimate of drug-likeness (QED) is 0.687. The lowest BCUT2D eigenvalue weighted by atomic mass is 10.2. The van der Waals surface area contributed by atoms with Crippen molar-refractivity contribution >= 4 is 28.6 Å². The Hall–Kier alpha value is -0.980. The van der Waals surface area contributed by atoms with E-state index in [1.165, 1.54) is 17.8 Å². The van der Waals surface area contributed by atoms with Gasteiger partial charge in [-0.05, 0) is 31.5 Å². The highest BCUT2D eigenvalue weighted by atomic mass is 32.2. The van der Waals surface area contributed by atoms with Crippen LogP contribution in [0.5, 0.6) is 5.75 Å². The predicted octanol–water partition coefficient (Wildman–Crippen LogP) is 3.16. The first-order valence-electron chi connectivity index (χ1n) is 6.21. The summed E-state index contributed by atoms with van der Waals surface area (Å²) in [6, 6.07) is 3.97. The molecule has 0 aromatic heterocycles. The molecule has 2 rings (SSSR count). The molecule has 0 bridgehead atoms. The van der Waals surface area contributed by atoms with E-state index in [2.05, 4.69) is 16.9 Å². The number of aromatic hydroxyl groups is 1. The number of nitrogens with zero attached hydrogens (tertiary/aromatic N) is 2. The smallest absolute Gasteiger partial charge is 0.128 e. The summed E-state index contributed by atoms with van der Waals surface area (Å²) in [6.45, 7) is 1.08. The van der Waals surface area contributed by atoms with Crippen molar-refractivity contribution < 1.29 is 9.50 Å². The normalized spacial score (nSPS) is 20.9. The van der Waals surface area contributed by atoms with Gasteiger partial charge in [0.15, 0.2) is 0 Å². The highest BCUT2D eigenvalue weighted by Gasteiger charge is 2.18. The Balaban J connectivity index is 2.14. The molecule has 0 unspecified atom stereocenters. The maximum atomic E-state index is 13.0. The molecule has 1 aliphatic rings. The van der Waals surface area contributed by atoms with Crippen molar-refractivity contribution in [3.05, 3.63) is 41.9 Å². The molecule has 1 fully saturated rings. The second-order valence-electron chi connectivity index (χ2n) is 4.38. The summed E-state index contributed by atoms with van der Waals surface area (Å²) in [5.41, 5.74) is 0.552. The van der Waals surface area contributed by atoms with Crippen molar-refractivity contribution in [1.29, 1.82) is 0 Å². The minimum atomic E-state index is -0.453. The van der Waals surface area contributed by atoms with E-state index in [9.17, 15) is 9.50 Å². The summed E-state index contributed by atoms with van der Waals surface area (Å²) in [5.74, 6) is 0.591. The molecule has 0 amide bonds. The van der Waals surface area contributed by atoms with E-state index in [1.807, 2.05) is 24.1 Å².